The minimum Gasteiger partial charge on any atom is -0.493 e. The van der Waals surface area contributed by atoms with Gasteiger partial charge in [0, 0.05) is 16.1 Å². The number of carbonyl (C=O) groups excluding carboxylic acids is 1. The topological polar surface area (TPSA) is 145 Å². The second-order valence-corrected chi connectivity index (χ2v) is 4.18. The first-order valence-corrected chi connectivity index (χ1v) is 6.29. The average Bonchev–Trinajstić information content (AvgIpc) is 2.44. The number of hydrogen-bond donors (Lipinski definition) is 5. The highest BCUT2D eigenvalue weighted by molar-refractivity contribution is 6.60. The molecular formula is C12H18BN4O4+. The van der Waals surface area contributed by atoms with Crippen molar-refractivity contribution in [1.82, 2.24) is 0 Å². The zero-order valence-electron chi connectivity index (χ0n) is 11.6. The van der Waals surface area contributed by atoms with Gasteiger partial charge in [0.2, 0.25) is 6.21 Å². The second kappa shape index (κ2) is 8.03. The number of carbonyl (C=O) groups is 1. The van der Waals surface area contributed by atoms with Crippen LogP contribution < -0.4 is 26.8 Å². The average molecular weight is 293 g/mol. The van der Waals surface area contributed by atoms with E-state index in [1.54, 1.807) is 0 Å². The van der Waals surface area contributed by atoms with Gasteiger partial charge in [-0.1, -0.05) is 6.92 Å². The van der Waals surface area contributed by atoms with Crippen molar-refractivity contribution in [1.29, 1.82) is 0 Å². The second-order valence-electron chi connectivity index (χ2n) is 4.18. The molecule has 0 amide bonds. The first-order chi connectivity index (χ1) is 9.99. The van der Waals surface area contributed by atoms with Crippen LogP contribution in [0.3, 0.4) is 0 Å². The number of aldehydes is 1. The third-order valence-corrected chi connectivity index (χ3v) is 2.45. The maximum absolute atomic E-state index is 11.2. The molecule has 0 unspecified atom stereocenters. The van der Waals surface area contributed by atoms with Gasteiger partial charge in [-0.25, -0.2) is 0 Å². The molecule has 0 aliphatic carbocycles. The van der Waals surface area contributed by atoms with Crippen LogP contribution in [0.1, 0.15) is 29.3 Å². The number of hydrazone groups is 1. The molecule has 0 aliphatic heterocycles. The van der Waals surface area contributed by atoms with Crippen LogP contribution in [0.2, 0.25) is 0 Å². The Bertz CT molecular complexity index is 556. The van der Waals surface area contributed by atoms with Crippen LogP contribution >= 0.6 is 0 Å². The molecule has 1 aromatic rings. The molecule has 9 heteroatoms. The van der Waals surface area contributed by atoms with E-state index in [0.29, 0.717) is 18.5 Å². The lowest BCUT2D eigenvalue weighted by atomic mass is 9.77. The van der Waals surface area contributed by atoms with Gasteiger partial charge in [0.1, 0.15) is 5.75 Å². The van der Waals surface area contributed by atoms with E-state index < -0.39 is 7.12 Å². The van der Waals surface area contributed by atoms with Crippen molar-refractivity contribution in [2.45, 2.75) is 13.3 Å². The SMILES string of the molecule is CCCOc1c(C=O)cc(C=[NH+]N=C(N)N)cc1B(O)O. The molecule has 0 radical (unpaired) electrons. The Hall–Kier alpha value is -2.39. The summed E-state index contributed by atoms with van der Waals surface area (Å²) in [6.07, 6.45) is 2.70. The number of nitrogens with one attached hydrogen (secondary N) is 1. The summed E-state index contributed by atoms with van der Waals surface area (Å²) >= 11 is 0. The lowest BCUT2D eigenvalue weighted by molar-refractivity contribution is -0.456. The van der Waals surface area contributed by atoms with Crippen molar-refractivity contribution in [2.24, 2.45) is 16.6 Å². The van der Waals surface area contributed by atoms with Crippen LogP contribution in [0.4, 0.5) is 0 Å². The fraction of sp³-hybridized carbons (Fsp3) is 0.250. The lowest BCUT2D eigenvalue weighted by Gasteiger charge is -2.13. The molecule has 1 rings (SSSR count). The van der Waals surface area contributed by atoms with E-state index in [0.717, 1.165) is 6.42 Å². The van der Waals surface area contributed by atoms with Crippen molar-refractivity contribution in [2.75, 3.05) is 6.61 Å². The van der Waals surface area contributed by atoms with Crippen molar-refractivity contribution >= 4 is 31.0 Å². The molecule has 0 atom stereocenters. The van der Waals surface area contributed by atoms with E-state index in [2.05, 4.69) is 10.2 Å². The van der Waals surface area contributed by atoms with Crippen LogP contribution in [0.5, 0.6) is 5.75 Å². The molecule has 0 heterocycles. The molecule has 112 valence electrons. The molecule has 0 spiro atoms. The lowest BCUT2D eigenvalue weighted by Crippen LogP contribution is -2.63. The maximum atomic E-state index is 11.2. The van der Waals surface area contributed by atoms with Gasteiger partial charge in [-0.2, -0.15) is 0 Å². The van der Waals surface area contributed by atoms with Crippen LogP contribution in [-0.2, 0) is 0 Å². The highest BCUT2D eigenvalue weighted by Crippen LogP contribution is 2.16. The third-order valence-electron chi connectivity index (χ3n) is 2.45. The Labute approximate surface area is 122 Å². The molecular weight excluding hydrogens is 275 g/mol. The molecule has 1 aromatic carbocycles. The predicted octanol–water partition coefficient (Wildman–Crippen LogP) is -3.34. The standard InChI is InChI=1S/C12H17BN4O4/c1-2-3-21-11-9(7-18)4-8(5-10(11)13(19)20)6-16-17-12(14)15/h4-7,19-20H,2-3H2,1H3,(H4,14,15,17)/p+1. The largest absolute Gasteiger partial charge is 0.493 e. The number of benzene rings is 1. The summed E-state index contributed by atoms with van der Waals surface area (Å²) in [6.45, 7) is 2.26. The molecule has 7 N–H and O–H groups in total. The first kappa shape index (κ1) is 16.7. The Morgan fingerprint density at radius 1 is 1.48 bits per heavy atom. The summed E-state index contributed by atoms with van der Waals surface area (Å²) in [4.78, 5) is 11.2. The first-order valence-electron chi connectivity index (χ1n) is 6.29. The molecule has 0 saturated heterocycles. The molecule has 0 aromatic heterocycles. The fourth-order valence-electron chi connectivity index (χ4n) is 1.61. The highest BCUT2D eigenvalue weighted by atomic mass is 16.5. The van der Waals surface area contributed by atoms with Crippen molar-refractivity contribution in [3.8, 4) is 5.75 Å². The summed E-state index contributed by atoms with van der Waals surface area (Å²) in [6, 6.07) is 2.97. The van der Waals surface area contributed by atoms with Crippen molar-refractivity contribution in [3.05, 3.63) is 23.3 Å². The van der Waals surface area contributed by atoms with Gasteiger partial charge in [0.05, 0.1) is 12.2 Å². The fourth-order valence-corrected chi connectivity index (χ4v) is 1.61. The van der Waals surface area contributed by atoms with Crippen LogP contribution in [0.25, 0.3) is 0 Å². The summed E-state index contributed by atoms with van der Waals surface area (Å²) < 4.78 is 5.41. The molecule has 0 saturated carbocycles. The van der Waals surface area contributed by atoms with Crippen molar-refractivity contribution < 1.29 is 24.7 Å². The Kier molecular flexibility index (Phi) is 6.37. The quantitative estimate of drug-likeness (QED) is 0.117. The molecule has 8 nitrogen and oxygen atoms in total. The maximum Gasteiger partial charge on any atom is 0.492 e. The van der Waals surface area contributed by atoms with Crippen LogP contribution in [0, 0.1) is 0 Å². The third kappa shape index (κ3) is 4.90. The van der Waals surface area contributed by atoms with Crippen LogP contribution in [-0.4, -0.2) is 42.2 Å². The van der Waals surface area contributed by atoms with E-state index in [9.17, 15) is 14.8 Å². The normalized spacial score (nSPS) is 10.4. The van der Waals surface area contributed by atoms with E-state index in [4.69, 9.17) is 16.2 Å². The minimum absolute atomic E-state index is 0.0887. The van der Waals surface area contributed by atoms with E-state index in [-0.39, 0.29) is 22.7 Å². The van der Waals surface area contributed by atoms with Gasteiger partial charge in [0.25, 0.3) is 5.96 Å². The number of guanidine groups is 1. The number of ether oxygens (including phenoxy) is 1. The van der Waals surface area contributed by atoms with E-state index in [1.165, 1.54) is 18.3 Å². The minimum atomic E-state index is -1.77. The Morgan fingerprint density at radius 3 is 2.71 bits per heavy atom. The van der Waals surface area contributed by atoms with Crippen molar-refractivity contribution in [3.63, 3.8) is 0 Å². The Morgan fingerprint density at radius 2 is 2.19 bits per heavy atom. The molecule has 0 aliphatic rings. The summed E-state index contributed by atoms with van der Waals surface area (Å²) in [7, 11) is -1.77. The summed E-state index contributed by atoms with van der Waals surface area (Å²) in [5.41, 5.74) is 11.1. The van der Waals surface area contributed by atoms with Gasteiger partial charge in [-0.05, 0) is 18.6 Å². The zero-order valence-corrected chi connectivity index (χ0v) is 11.6. The highest BCUT2D eigenvalue weighted by Gasteiger charge is 2.21. The smallest absolute Gasteiger partial charge is 0.492 e. The van der Waals surface area contributed by atoms with Crippen LogP contribution in [0.15, 0.2) is 17.2 Å². The number of hydrogen-bond acceptors (Lipinski definition) is 5. The molecule has 21 heavy (non-hydrogen) atoms. The zero-order chi connectivity index (χ0) is 15.8. The predicted molar refractivity (Wildman–Crippen MR) is 79.4 cm³/mol. The van der Waals surface area contributed by atoms with E-state index >= 15 is 0 Å². The monoisotopic (exact) mass is 293 g/mol. The van der Waals surface area contributed by atoms with Gasteiger partial charge < -0.3 is 26.3 Å². The summed E-state index contributed by atoms with van der Waals surface area (Å²) in [5.74, 6) is -0.00647. The number of nitrogens with zero attached hydrogens (tertiary/aromatic N) is 1. The van der Waals surface area contributed by atoms with Gasteiger partial charge in [-0.3, -0.25) is 4.79 Å². The van der Waals surface area contributed by atoms with E-state index in [1.807, 2.05) is 6.92 Å². The number of rotatable bonds is 7. The van der Waals surface area contributed by atoms with Gasteiger partial charge in [0.15, 0.2) is 6.29 Å². The molecule has 0 fully saturated rings. The number of nitrogens with two attached hydrogens (primary N) is 2. The molecule has 0 bridgehead atoms. The summed E-state index contributed by atoms with van der Waals surface area (Å²) in [5, 5.41) is 24.9. The van der Waals surface area contributed by atoms with Gasteiger partial charge in [-0.15, -0.1) is 5.10 Å². The Balaban J connectivity index is 3.25. The van der Waals surface area contributed by atoms with Gasteiger partial charge >= 0.3 is 7.12 Å².